The maximum absolute atomic E-state index is 12.7. The normalized spacial score (nSPS) is 12.0. The predicted octanol–water partition coefficient (Wildman–Crippen LogP) is 4.64. The van der Waals surface area contributed by atoms with Crippen LogP contribution in [0, 0.1) is 0 Å². The van der Waals surface area contributed by atoms with Gasteiger partial charge in [-0.25, -0.2) is 9.97 Å². The third-order valence-electron chi connectivity index (χ3n) is 5.27. The summed E-state index contributed by atoms with van der Waals surface area (Å²) in [5.74, 6) is 0.117. The highest BCUT2D eigenvalue weighted by Crippen LogP contribution is 2.30. The Kier molecular flexibility index (Phi) is 7.31. The number of fused-ring (bicyclic) bond motifs is 1. The van der Waals surface area contributed by atoms with Crippen molar-refractivity contribution in [2.24, 2.45) is 5.73 Å². The van der Waals surface area contributed by atoms with Crippen LogP contribution in [0.15, 0.2) is 48.2 Å². The van der Waals surface area contributed by atoms with E-state index in [0.717, 1.165) is 35.0 Å². The minimum Gasteiger partial charge on any atom is -0.370 e. The van der Waals surface area contributed by atoms with Crippen molar-refractivity contribution in [1.29, 1.82) is 0 Å². The van der Waals surface area contributed by atoms with Crippen LogP contribution in [0.4, 0.5) is 0 Å². The molecule has 33 heavy (non-hydrogen) atoms. The second kappa shape index (κ2) is 10.5. The van der Waals surface area contributed by atoms with Gasteiger partial charge in [-0.05, 0) is 25.0 Å². The van der Waals surface area contributed by atoms with E-state index in [4.69, 9.17) is 17.3 Å². The maximum atomic E-state index is 12.7. The van der Waals surface area contributed by atoms with Crippen molar-refractivity contribution in [2.45, 2.75) is 38.1 Å². The number of carbonyl (C=O) groups excluding carboxylic acids is 2. The summed E-state index contributed by atoms with van der Waals surface area (Å²) in [5.41, 5.74) is 9.11. The number of nitrogens with one attached hydrogen (secondary N) is 2. The number of aromatic nitrogens is 4. The number of imidazole rings is 1. The fourth-order valence-electron chi connectivity index (χ4n) is 3.59. The molecule has 170 valence electrons. The topological polar surface area (TPSA) is 127 Å². The first kappa shape index (κ1) is 22.9. The lowest BCUT2D eigenvalue weighted by Crippen LogP contribution is -2.28. The average Bonchev–Trinajstić information content (AvgIpc) is 3.50. The zero-order valence-electron chi connectivity index (χ0n) is 17.8. The lowest BCUT2D eigenvalue weighted by atomic mass is 10.1. The molecule has 0 aliphatic carbocycles. The Labute approximate surface area is 199 Å². The highest BCUT2D eigenvalue weighted by Gasteiger charge is 2.20. The Morgan fingerprint density at radius 1 is 1.18 bits per heavy atom. The molecule has 8 nitrogen and oxygen atoms in total. The molecular formula is C23H23ClN6O2S. The van der Waals surface area contributed by atoms with Gasteiger partial charge in [0.05, 0.1) is 35.2 Å². The van der Waals surface area contributed by atoms with Crippen molar-refractivity contribution < 1.29 is 9.59 Å². The van der Waals surface area contributed by atoms with E-state index in [1.807, 2.05) is 30.3 Å². The molecule has 10 heteroatoms. The van der Waals surface area contributed by atoms with Gasteiger partial charge in [0.25, 0.3) is 5.91 Å². The van der Waals surface area contributed by atoms with E-state index < -0.39 is 0 Å². The van der Waals surface area contributed by atoms with E-state index in [1.165, 1.54) is 17.5 Å². The number of amides is 2. The first-order valence-corrected chi connectivity index (χ1v) is 11.8. The van der Waals surface area contributed by atoms with E-state index >= 15 is 0 Å². The Morgan fingerprint density at radius 3 is 2.82 bits per heavy atom. The molecule has 0 spiro atoms. The van der Waals surface area contributed by atoms with Gasteiger partial charge < -0.3 is 16.0 Å². The molecular weight excluding hydrogens is 460 g/mol. The van der Waals surface area contributed by atoms with Crippen LogP contribution >= 0.6 is 22.9 Å². The number of thiazole rings is 1. The molecule has 0 aliphatic heterocycles. The van der Waals surface area contributed by atoms with Gasteiger partial charge in [-0.15, -0.1) is 11.3 Å². The summed E-state index contributed by atoms with van der Waals surface area (Å²) >= 11 is 7.73. The lowest BCUT2D eigenvalue weighted by Gasteiger charge is -2.16. The minimum atomic E-state index is -0.339. The summed E-state index contributed by atoms with van der Waals surface area (Å²) in [5, 5.41) is 4.39. The van der Waals surface area contributed by atoms with Crippen LogP contribution in [0.5, 0.6) is 0 Å². The lowest BCUT2D eigenvalue weighted by molar-refractivity contribution is -0.118. The van der Waals surface area contributed by atoms with Crippen molar-refractivity contribution in [2.75, 3.05) is 0 Å². The van der Waals surface area contributed by atoms with Gasteiger partial charge in [0.15, 0.2) is 0 Å². The summed E-state index contributed by atoms with van der Waals surface area (Å²) in [6.07, 6.45) is 6.59. The maximum Gasteiger partial charge on any atom is 0.263 e. The fraction of sp³-hybridized carbons (Fsp3) is 0.261. The second-order valence-corrected chi connectivity index (χ2v) is 8.90. The van der Waals surface area contributed by atoms with Crippen LogP contribution in [0.25, 0.3) is 22.2 Å². The number of primary amides is 1. The number of rotatable bonds is 10. The van der Waals surface area contributed by atoms with Crippen LogP contribution in [0.2, 0.25) is 5.15 Å². The molecule has 4 aromatic rings. The Morgan fingerprint density at radius 2 is 2.03 bits per heavy atom. The molecule has 3 aromatic heterocycles. The molecule has 0 radical (unpaired) electrons. The number of nitrogens with two attached hydrogens (primary N) is 1. The molecule has 4 N–H and O–H groups in total. The summed E-state index contributed by atoms with van der Waals surface area (Å²) in [6.45, 7) is 0. The Hall–Kier alpha value is -3.30. The van der Waals surface area contributed by atoms with Gasteiger partial charge in [0, 0.05) is 17.4 Å². The summed E-state index contributed by atoms with van der Waals surface area (Å²) in [7, 11) is 0. The van der Waals surface area contributed by atoms with Crippen molar-refractivity contribution in [3.63, 3.8) is 0 Å². The Bertz CT molecular complexity index is 1260. The van der Waals surface area contributed by atoms with Gasteiger partial charge >= 0.3 is 0 Å². The molecule has 0 bridgehead atoms. The number of H-pyrrole nitrogens is 1. The van der Waals surface area contributed by atoms with Crippen LogP contribution in [-0.2, 0) is 4.79 Å². The van der Waals surface area contributed by atoms with E-state index in [0.29, 0.717) is 35.1 Å². The molecule has 1 aromatic carbocycles. The molecule has 3 heterocycles. The van der Waals surface area contributed by atoms with Gasteiger partial charge in [-0.1, -0.05) is 42.6 Å². The monoisotopic (exact) mass is 482 g/mol. The standard InChI is InChI=1S/C23H23ClN6O2S/c24-21-15(10-14-6-4-5-7-16(14)28-21)18-11-27-22(29-18)17(8-2-1-3-9-20(25)31)30-23(32)19-12-26-13-33-19/h4-7,10-13,17H,1-3,8-9H2,(H2,25,31)(H,27,29)(H,30,32). The van der Waals surface area contributed by atoms with Gasteiger partial charge in [-0.3, -0.25) is 14.6 Å². The first-order valence-electron chi connectivity index (χ1n) is 10.6. The number of carbonyl (C=O) groups is 2. The van der Waals surface area contributed by atoms with Crippen LogP contribution in [0.1, 0.15) is 53.6 Å². The summed E-state index contributed by atoms with van der Waals surface area (Å²) in [6, 6.07) is 9.38. The molecule has 4 rings (SSSR count). The third-order valence-corrected chi connectivity index (χ3v) is 6.33. The molecule has 0 aliphatic rings. The van der Waals surface area contributed by atoms with E-state index in [1.54, 1.807) is 11.7 Å². The highest BCUT2D eigenvalue weighted by atomic mass is 35.5. The van der Waals surface area contributed by atoms with Crippen molar-refractivity contribution in [3.05, 3.63) is 64.1 Å². The highest BCUT2D eigenvalue weighted by molar-refractivity contribution is 7.11. The zero-order chi connectivity index (χ0) is 23.2. The average molecular weight is 483 g/mol. The molecule has 1 atom stereocenters. The summed E-state index contributed by atoms with van der Waals surface area (Å²) < 4.78 is 0. The Balaban J connectivity index is 1.54. The molecule has 2 amide bonds. The molecule has 0 saturated carbocycles. The van der Waals surface area contributed by atoms with Crippen molar-refractivity contribution in [3.8, 4) is 11.3 Å². The van der Waals surface area contributed by atoms with Gasteiger partial charge in [0.2, 0.25) is 5.91 Å². The van der Waals surface area contributed by atoms with Gasteiger partial charge in [-0.2, -0.15) is 0 Å². The molecule has 1 unspecified atom stereocenters. The van der Waals surface area contributed by atoms with Crippen molar-refractivity contribution >= 4 is 45.7 Å². The van der Waals surface area contributed by atoms with Crippen LogP contribution < -0.4 is 11.1 Å². The van der Waals surface area contributed by atoms with Gasteiger partial charge in [0.1, 0.15) is 15.9 Å². The number of aromatic amines is 1. The van der Waals surface area contributed by atoms with Crippen LogP contribution in [-0.4, -0.2) is 31.8 Å². The minimum absolute atomic E-state index is 0.206. The zero-order valence-corrected chi connectivity index (χ0v) is 19.3. The number of halogens is 1. The molecule has 0 fully saturated rings. The van der Waals surface area contributed by atoms with E-state index in [2.05, 4.69) is 25.3 Å². The van der Waals surface area contributed by atoms with E-state index in [9.17, 15) is 9.59 Å². The third kappa shape index (κ3) is 5.74. The molecule has 0 saturated heterocycles. The summed E-state index contributed by atoms with van der Waals surface area (Å²) in [4.78, 5) is 40.5. The van der Waals surface area contributed by atoms with E-state index in [-0.39, 0.29) is 17.9 Å². The number of benzene rings is 1. The number of pyridine rings is 1. The van der Waals surface area contributed by atoms with Crippen LogP contribution in [0.3, 0.4) is 0 Å². The largest absolute Gasteiger partial charge is 0.370 e. The number of unbranched alkanes of at least 4 members (excludes halogenated alkanes) is 2. The number of para-hydroxylation sites is 1. The quantitative estimate of drug-likeness (QED) is 0.224. The number of nitrogens with zero attached hydrogens (tertiary/aromatic N) is 3. The number of hydrogen-bond donors (Lipinski definition) is 3. The fourth-order valence-corrected chi connectivity index (χ4v) is 4.36. The number of hydrogen-bond acceptors (Lipinski definition) is 6. The second-order valence-electron chi connectivity index (χ2n) is 7.66. The predicted molar refractivity (Wildman–Crippen MR) is 129 cm³/mol. The smallest absolute Gasteiger partial charge is 0.263 e. The SMILES string of the molecule is NC(=O)CCCCCC(NC(=O)c1cncs1)c1ncc(-c2cc3ccccc3nc2Cl)[nH]1. The van der Waals surface area contributed by atoms with Crippen molar-refractivity contribution in [1.82, 2.24) is 25.3 Å². The first-order chi connectivity index (χ1) is 16.0.